The molecule has 0 spiro atoms. The normalized spacial score (nSPS) is 24.5. The van der Waals surface area contributed by atoms with E-state index >= 15 is 0 Å². The first-order chi connectivity index (χ1) is 8.31. The zero-order chi connectivity index (χ0) is 12.1. The molecule has 1 aromatic heterocycles. The van der Waals surface area contributed by atoms with Gasteiger partial charge >= 0.3 is 0 Å². The molecule has 1 aliphatic rings. The summed E-state index contributed by atoms with van der Waals surface area (Å²) in [6.07, 6.45) is 4.85. The van der Waals surface area contributed by atoms with Crippen molar-refractivity contribution < 1.29 is 4.79 Å². The lowest BCUT2D eigenvalue weighted by atomic mass is 9.80. The van der Waals surface area contributed by atoms with Gasteiger partial charge in [-0.05, 0) is 36.2 Å². The molecule has 0 aliphatic heterocycles. The van der Waals surface area contributed by atoms with Gasteiger partial charge in [0.05, 0.1) is 0 Å². The zero-order valence-corrected chi connectivity index (χ0v) is 11.1. The van der Waals surface area contributed by atoms with Crippen molar-refractivity contribution in [1.82, 2.24) is 14.9 Å². The number of hydrogen-bond donors (Lipinski definition) is 1. The van der Waals surface area contributed by atoms with Gasteiger partial charge in [0, 0.05) is 17.8 Å². The first kappa shape index (κ1) is 12.8. The third kappa shape index (κ3) is 3.39. The fourth-order valence-corrected chi connectivity index (χ4v) is 3.18. The molecule has 94 valence electrons. The van der Waals surface area contributed by atoms with Crippen LogP contribution in [0.2, 0.25) is 0 Å². The Bertz CT molecular complexity index is 358. The Morgan fingerprint density at radius 1 is 1.47 bits per heavy atom. The van der Waals surface area contributed by atoms with Gasteiger partial charge in [-0.25, -0.2) is 0 Å². The highest BCUT2D eigenvalue weighted by Gasteiger charge is 2.24. The zero-order valence-electron chi connectivity index (χ0n) is 9.56. The van der Waals surface area contributed by atoms with Gasteiger partial charge in [-0.1, -0.05) is 17.3 Å². The molecule has 2 unspecified atom stereocenters. The number of amides is 1. The molecule has 1 heterocycles. The fourth-order valence-electron chi connectivity index (χ4n) is 2.33. The van der Waals surface area contributed by atoms with Crippen LogP contribution in [0.15, 0.2) is 5.38 Å². The van der Waals surface area contributed by atoms with Gasteiger partial charge in [-0.3, -0.25) is 4.79 Å². The van der Waals surface area contributed by atoms with E-state index in [1.807, 2.05) is 0 Å². The molecule has 2 rings (SSSR count). The van der Waals surface area contributed by atoms with Crippen molar-refractivity contribution in [2.45, 2.75) is 25.7 Å². The average Bonchev–Trinajstić information content (AvgIpc) is 2.90. The van der Waals surface area contributed by atoms with E-state index < -0.39 is 0 Å². The van der Waals surface area contributed by atoms with Crippen molar-refractivity contribution in [2.75, 3.05) is 12.4 Å². The van der Waals surface area contributed by atoms with E-state index in [2.05, 4.69) is 14.9 Å². The summed E-state index contributed by atoms with van der Waals surface area (Å²) in [7, 11) is 0. The first-order valence-corrected chi connectivity index (χ1v) is 7.29. The van der Waals surface area contributed by atoms with Gasteiger partial charge in [-0.2, -0.15) is 0 Å². The Morgan fingerprint density at radius 2 is 2.24 bits per heavy atom. The van der Waals surface area contributed by atoms with E-state index in [-0.39, 0.29) is 5.91 Å². The number of carbonyl (C=O) groups is 1. The molecule has 6 heteroatoms. The summed E-state index contributed by atoms with van der Waals surface area (Å²) in [5, 5.41) is 8.34. The van der Waals surface area contributed by atoms with Gasteiger partial charge in [-0.15, -0.1) is 16.7 Å². The third-order valence-electron chi connectivity index (χ3n) is 3.38. The fraction of sp³-hybridized carbons (Fsp3) is 0.727. The van der Waals surface area contributed by atoms with Crippen molar-refractivity contribution in [3.8, 4) is 0 Å². The number of hydrogen-bond acceptors (Lipinski definition) is 4. The van der Waals surface area contributed by atoms with Crippen molar-refractivity contribution in [2.24, 2.45) is 11.8 Å². The summed E-state index contributed by atoms with van der Waals surface area (Å²) in [6, 6.07) is 0. The summed E-state index contributed by atoms with van der Waals surface area (Å²) in [5.74, 6) is 1.62. The summed E-state index contributed by atoms with van der Waals surface area (Å²) < 4.78 is 3.68. The molecular weight excluding hydrogens is 258 g/mol. The number of alkyl halides is 1. The van der Waals surface area contributed by atoms with Gasteiger partial charge < -0.3 is 5.32 Å². The largest absolute Gasteiger partial charge is 0.350 e. The average molecular weight is 274 g/mol. The second kappa shape index (κ2) is 6.31. The molecule has 0 aromatic carbocycles. The van der Waals surface area contributed by atoms with Crippen molar-refractivity contribution in [3.05, 3.63) is 11.1 Å². The van der Waals surface area contributed by atoms with Crippen molar-refractivity contribution in [1.29, 1.82) is 0 Å². The molecule has 2 atom stereocenters. The third-order valence-corrected chi connectivity index (χ3v) is 4.28. The molecule has 1 N–H and O–H groups in total. The Hall–Kier alpha value is -0.680. The van der Waals surface area contributed by atoms with Crippen LogP contribution in [-0.2, 0) is 0 Å². The van der Waals surface area contributed by atoms with E-state index in [0.717, 1.165) is 6.42 Å². The van der Waals surface area contributed by atoms with Crippen LogP contribution in [0.1, 0.15) is 36.2 Å². The molecule has 0 bridgehead atoms. The number of nitrogens with zero attached hydrogens (tertiary/aromatic N) is 2. The van der Waals surface area contributed by atoms with E-state index in [1.54, 1.807) is 5.38 Å². The van der Waals surface area contributed by atoms with Crippen LogP contribution in [0.3, 0.4) is 0 Å². The molecule has 17 heavy (non-hydrogen) atoms. The van der Waals surface area contributed by atoms with Crippen LogP contribution in [0.5, 0.6) is 0 Å². The molecular formula is C11H16ClN3OS. The van der Waals surface area contributed by atoms with E-state index in [4.69, 9.17) is 11.6 Å². The minimum absolute atomic E-state index is 0.127. The van der Waals surface area contributed by atoms with Crippen LogP contribution in [0.4, 0.5) is 0 Å². The number of aromatic nitrogens is 2. The molecule has 4 nitrogen and oxygen atoms in total. The number of halogens is 1. The number of carbonyl (C=O) groups excluding carboxylic acids is 1. The maximum Gasteiger partial charge on any atom is 0.272 e. The maximum absolute atomic E-state index is 11.7. The second-order valence-electron chi connectivity index (χ2n) is 4.46. The Morgan fingerprint density at radius 3 is 2.88 bits per heavy atom. The highest BCUT2D eigenvalue weighted by atomic mass is 35.5. The minimum Gasteiger partial charge on any atom is -0.350 e. The van der Waals surface area contributed by atoms with Gasteiger partial charge in [0.25, 0.3) is 5.91 Å². The van der Waals surface area contributed by atoms with Crippen LogP contribution < -0.4 is 5.32 Å². The summed E-state index contributed by atoms with van der Waals surface area (Å²) in [5.41, 5.74) is 0.410. The Labute approximate surface area is 110 Å². The topological polar surface area (TPSA) is 54.9 Å². The maximum atomic E-state index is 11.7. The minimum atomic E-state index is -0.127. The molecule has 0 saturated heterocycles. The second-order valence-corrected chi connectivity index (χ2v) is 5.38. The van der Waals surface area contributed by atoms with Crippen molar-refractivity contribution >= 4 is 29.0 Å². The quantitative estimate of drug-likeness (QED) is 0.857. The highest BCUT2D eigenvalue weighted by molar-refractivity contribution is 7.03. The van der Waals surface area contributed by atoms with E-state index in [9.17, 15) is 4.79 Å². The van der Waals surface area contributed by atoms with Crippen LogP contribution in [0.25, 0.3) is 0 Å². The molecule has 1 saturated carbocycles. The lowest BCUT2D eigenvalue weighted by Crippen LogP contribution is -2.35. The van der Waals surface area contributed by atoms with Crippen LogP contribution >= 0.6 is 23.1 Å². The van der Waals surface area contributed by atoms with Gasteiger partial charge in [0.1, 0.15) is 0 Å². The molecule has 1 aliphatic carbocycles. The Balaban J connectivity index is 1.82. The standard InChI is InChI=1S/C11H16ClN3OS/c12-5-8-3-1-2-4-9(8)6-13-11(16)10-7-17-15-14-10/h7-9H,1-6H2,(H,13,16). The number of nitrogens with one attached hydrogen (secondary N) is 1. The predicted octanol–water partition coefficient (Wildman–Crippen LogP) is 2.31. The summed E-state index contributed by atoms with van der Waals surface area (Å²) in [4.78, 5) is 11.7. The van der Waals surface area contributed by atoms with Crippen molar-refractivity contribution in [3.63, 3.8) is 0 Å². The Kier molecular flexibility index (Phi) is 4.74. The summed E-state index contributed by atoms with van der Waals surface area (Å²) in [6.45, 7) is 0.702. The molecule has 1 amide bonds. The molecule has 1 fully saturated rings. The molecule has 0 radical (unpaired) electrons. The highest BCUT2D eigenvalue weighted by Crippen LogP contribution is 2.30. The predicted molar refractivity (Wildman–Crippen MR) is 68.4 cm³/mol. The van der Waals surface area contributed by atoms with Crippen LogP contribution in [0, 0.1) is 11.8 Å². The number of rotatable bonds is 4. The molecule has 1 aromatic rings. The van der Waals surface area contributed by atoms with E-state index in [1.165, 1.54) is 30.8 Å². The van der Waals surface area contributed by atoms with Gasteiger partial charge in [0.2, 0.25) is 0 Å². The van der Waals surface area contributed by atoms with E-state index in [0.29, 0.717) is 30.0 Å². The monoisotopic (exact) mass is 273 g/mol. The lowest BCUT2D eigenvalue weighted by molar-refractivity contribution is 0.0931. The first-order valence-electron chi connectivity index (χ1n) is 5.92. The van der Waals surface area contributed by atoms with Crippen LogP contribution in [-0.4, -0.2) is 27.9 Å². The smallest absolute Gasteiger partial charge is 0.272 e. The lowest BCUT2D eigenvalue weighted by Gasteiger charge is -2.30. The summed E-state index contributed by atoms with van der Waals surface area (Å²) >= 11 is 7.15. The SMILES string of the molecule is O=C(NCC1CCCCC1CCl)c1csnn1. The van der Waals surface area contributed by atoms with Gasteiger partial charge in [0.15, 0.2) is 5.69 Å².